The zero-order chi connectivity index (χ0) is 71.3. The van der Waals surface area contributed by atoms with E-state index in [1.807, 2.05) is 72.9 Å². The summed E-state index contributed by atoms with van der Waals surface area (Å²) in [7, 11) is 0. The molecule has 0 aliphatic heterocycles. The van der Waals surface area contributed by atoms with Gasteiger partial charge in [0, 0.05) is 94.4 Å². The first-order chi connectivity index (χ1) is 50.1. The number of aromatic nitrogens is 9. The van der Waals surface area contributed by atoms with Gasteiger partial charge in [0.05, 0.1) is 102 Å². The summed E-state index contributed by atoms with van der Waals surface area (Å²) >= 11 is 0. The smallest absolute Gasteiger partial charge is 0.309 e. The maximum atomic E-state index is 14.8. The molecule has 506 valence electrons. The molecule has 18 rings (SSSR count). The number of rotatable bonds is 9. The predicted octanol–water partition coefficient (Wildman–Crippen LogP) is 23.5. The van der Waals surface area contributed by atoms with Crippen LogP contribution in [0, 0.1) is 0 Å². The maximum Gasteiger partial charge on any atom is 0.416 e. The molecular formula is C83H45F12N9. The van der Waals surface area contributed by atoms with Crippen molar-refractivity contribution in [1.29, 1.82) is 0 Å². The summed E-state index contributed by atoms with van der Waals surface area (Å²) in [5.41, 5.74) is 5.63. The van der Waals surface area contributed by atoms with E-state index in [2.05, 4.69) is 9.97 Å². The summed E-state index contributed by atoms with van der Waals surface area (Å²) in [6.07, 6.45) is -12.4. The maximum absolute atomic E-state index is 14.8. The number of halogens is 12. The Morgan fingerprint density at radius 1 is 0.221 bits per heavy atom. The van der Waals surface area contributed by atoms with Crippen LogP contribution in [0.25, 0.3) is 166 Å². The molecule has 7 aromatic heterocycles. The summed E-state index contributed by atoms with van der Waals surface area (Å²) in [4.78, 5) is 24.8. The molecule has 0 atom stereocenters. The van der Waals surface area contributed by atoms with Crippen molar-refractivity contribution in [2.24, 2.45) is 0 Å². The van der Waals surface area contributed by atoms with Crippen LogP contribution in [0.15, 0.2) is 274 Å². The number of hydrogen-bond donors (Lipinski definition) is 0. The Kier molecular flexibility index (Phi) is 14.2. The Labute approximate surface area is 580 Å². The highest BCUT2D eigenvalue weighted by Gasteiger charge is 2.36. The van der Waals surface area contributed by atoms with Gasteiger partial charge < -0.3 is 18.3 Å². The molecule has 0 saturated heterocycles. The van der Waals surface area contributed by atoms with Gasteiger partial charge >= 0.3 is 24.7 Å². The highest BCUT2D eigenvalue weighted by Crippen LogP contribution is 2.48. The van der Waals surface area contributed by atoms with Gasteiger partial charge in [-0.1, -0.05) is 127 Å². The van der Waals surface area contributed by atoms with E-state index in [0.717, 1.165) is 48.5 Å². The number of fused-ring (bicyclic) bond motifs is 12. The first-order valence-corrected chi connectivity index (χ1v) is 32.5. The van der Waals surface area contributed by atoms with Crippen LogP contribution < -0.4 is 0 Å². The van der Waals surface area contributed by atoms with E-state index in [-0.39, 0.29) is 28.2 Å². The molecule has 0 bridgehead atoms. The lowest BCUT2D eigenvalue weighted by atomic mass is 9.99. The van der Waals surface area contributed by atoms with Crippen LogP contribution >= 0.6 is 0 Å². The lowest BCUT2D eigenvalue weighted by Crippen LogP contribution is -2.06. The third-order valence-electron chi connectivity index (χ3n) is 19.3. The second-order valence-corrected chi connectivity index (χ2v) is 25.3. The molecule has 0 N–H and O–H groups in total. The molecule has 0 amide bonds. The lowest BCUT2D eigenvalue weighted by Gasteiger charge is -2.20. The van der Waals surface area contributed by atoms with Gasteiger partial charge in [0.1, 0.15) is 0 Å². The van der Waals surface area contributed by atoms with Crippen LogP contribution in [0.1, 0.15) is 22.3 Å². The third kappa shape index (κ3) is 10.3. The van der Waals surface area contributed by atoms with E-state index in [9.17, 15) is 52.7 Å². The average Bonchev–Trinajstić information content (AvgIpc) is 1.54. The van der Waals surface area contributed by atoms with Gasteiger partial charge in [-0.25, -0.2) is 15.0 Å². The van der Waals surface area contributed by atoms with Crippen LogP contribution in [0.5, 0.6) is 0 Å². The van der Waals surface area contributed by atoms with Gasteiger partial charge in [-0.05, 0) is 121 Å². The first-order valence-electron chi connectivity index (χ1n) is 32.5. The zero-order valence-corrected chi connectivity index (χ0v) is 53.5. The Hall–Kier alpha value is -12.9. The van der Waals surface area contributed by atoms with Gasteiger partial charge in [0.15, 0.2) is 17.5 Å². The molecule has 11 aromatic carbocycles. The van der Waals surface area contributed by atoms with Crippen molar-refractivity contribution in [1.82, 2.24) is 43.2 Å². The van der Waals surface area contributed by atoms with Gasteiger partial charge in [-0.3, -0.25) is 9.97 Å². The van der Waals surface area contributed by atoms with Gasteiger partial charge in [0.25, 0.3) is 0 Å². The SMILES string of the molecule is FC(F)(F)c1ccc2c(c1)c1ccccc1n2-c1cnccc1-c1ccc(-c2nc(-c3ccccc3)nc(-c3ccc(-c4ccncc4-n4c5ccccc5c5cc(C(F)(F)F)ccc54)c(-n4c5ccccc5c5cc(C(F)(F)F)ccc54)c3)n2)cc1-n1c2ccccc2c2cc(C(F)(F)F)ccc21. The number of para-hydroxylation sites is 4. The van der Waals surface area contributed by atoms with Crippen molar-refractivity contribution in [3.05, 3.63) is 296 Å². The molecule has 9 nitrogen and oxygen atoms in total. The summed E-state index contributed by atoms with van der Waals surface area (Å²) < 4.78 is 183. The van der Waals surface area contributed by atoms with Gasteiger partial charge in [-0.2, -0.15) is 52.7 Å². The van der Waals surface area contributed by atoms with E-state index in [4.69, 9.17) is 15.0 Å². The topological polar surface area (TPSA) is 84.2 Å². The zero-order valence-electron chi connectivity index (χ0n) is 53.5. The minimum atomic E-state index is -4.71. The molecule has 0 radical (unpaired) electrons. The molecule has 104 heavy (non-hydrogen) atoms. The van der Waals surface area contributed by atoms with Gasteiger partial charge in [-0.15, -0.1) is 0 Å². The minimum absolute atomic E-state index is 0.123. The number of hydrogen-bond acceptors (Lipinski definition) is 5. The molecule has 21 heteroatoms. The molecule has 7 heterocycles. The van der Waals surface area contributed by atoms with Crippen molar-refractivity contribution in [2.45, 2.75) is 24.7 Å². The molecule has 0 fully saturated rings. The lowest BCUT2D eigenvalue weighted by molar-refractivity contribution is -0.138. The third-order valence-corrected chi connectivity index (χ3v) is 19.3. The Morgan fingerprint density at radius 2 is 0.490 bits per heavy atom. The van der Waals surface area contributed by atoms with Crippen molar-refractivity contribution in [2.75, 3.05) is 0 Å². The Bertz CT molecular complexity index is 6200. The van der Waals surface area contributed by atoms with Crippen molar-refractivity contribution < 1.29 is 52.7 Å². The monoisotopic (exact) mass is 1400 g/mol. The van der Waals surface area contributed by atoms with E-state index in [0.29, 0.717) is 138 Å². The second-order valence-electron chi connectivity index (χ2n) is 25.3. The second kappa shape index (κ2) is 23.3. The van der Waals surface area contributed by atoms with E-state index in [1.54, 1.807) is 146 Å². The fourth-order valence-corrected chi connectivity index (χ4v) is 14.7. The van der Waals surface area contributed by atoms with Crippen molar-refractivity contribution >= 4 is 87.2 Å². The van der Waals surface area contributed by atoms with Gasteiger partial charge in [0.2, 0.25) is 0 Å². The summed E-state index contributed by atoms with van der Waals surface area (Å²) in [5.74, 6) is 0.458. The van der Waals surface area contributed by atoms with E-state index < -0.39 is 47.0 Å². The molecule has 0 unspecified atom stereocenters. The Morgan fingerprint density at radius 3 is 0.808 bits per heavy atom. The van der Waals surface area contributed by atoms with Crippen LogP contribution in [-0.4, -0.2) is 43.2 Å². The highest BCUT2D eigenvalue weighted by molar-refractivity contribution is 6.14. The van der Waals surface area contributed by atoms with Crippen LogP contribution in [0.4, 0.5) is 52.7 Å². The average molecular weight is 1400 g/mol. The predicted molar refractivity (Wildman–Crippen MR) is 380 cm³/mol. The highest BCUT2D eigenvalue weighted by atomic mass is 19.4. The Balaban J connectivity index is 0.892. The van der Waals surface area contributed by atoms with Crippen molar-refractivity contribution in [3.8, 4) is 79.2 Å². The summed E-state index contributed by atoms with van der Waals surface area (Å²) in [5, 5.41) is 3.29. The molecule has 0 spiro atoms. The van der Waals surface area contributed by atoms with Crippen LogP contribution in [0.2, 0.25) is 0 Å². The van der Waals surface area contributed by atoms with Crippen molar-refractivity contribution in [3.63, 3.8) is 0 Å². The normalized spacial score (nSPS) is 12.6. The van der Waals surface area contributed by atoms with Crippen LogP contribution in [-0.2, 0) is 24.7 Å². The number of nitrogens with zero attached hydrogens (tertiary/aromatic N) is 9. The number of alkyl halides is 12. The molecule has 0 aliphatic rings. The summed E-state index contributed by atoms with van der Waals surface area (Å²) in [6.45, 7) is 0. The quantitative estimate of drug-likeness (QED) is 0.134. The number of benzene rings is 11. The van der Waals surface area contributed by atoms with E-state index >= 15 is 0 Å². The summed E-state index contributed by atoms with van der Waals surface area (Å²) in [6, 6.07) is 65.9. The van der Waals surface area contributed by atoms with Crippen LogP contribution in [0.3, 0.4) is 0 Å². The molecular weight excluding hydrogens is 1350 g/mol. The first kappa shape index (κ1) is 63.3. The molecule has 0 saturated carbocycles. The standard InChI is InChI=1S/C83H45F12N9/c84-80(85,86)49-24-30-69-61(40-49)53-14-4-8-18-65(53)101(69)73-38-47(22-28-57(73)59-34-36-96-44-75(59)103-67-20-10-6-16-55(67)63-42-51(82(90,91)92)26-32-71(63)103)78-98-77(46-12-2-1-3-13-46)99-79(100-78)48-23-29-58(74(39-48)102-66-19-9-5-15-54(66)62-41-50(81(87,88)89)25-31-70(62)102)60-35-37-97-45-76(60)104-68-21-11-7-17-56(68)64-43-52(83(93,94)95)27-33-72(64)104/h1-45H. The molecule has 18 aromatic rings. The molecule has 0 aliphatic carbocycles. The fraction of sp³-hybridized carbons (Fsp3) is 0.0482. The minimum Gasteiger partial charge on any atom is -0.309 e. The fourth-order valence-electron chi connectivity index (χ4n) is 14.7. The number of pyridine rings is 2. The van der Waals surface area contributed by atoms with E-state index in [1.165, 1.54) is 24.3 Å². The largest absolute Gasteiger partial charge is 0.416 e.